The van der Waals surface area contributed by atoms with Gasteiger partial charge in [0.15, 0.2) is 0 Å². The lowest BCUT2D eigenvalue weighted by Crippen LogP contribution is -2.18. The fourth-order valence-corrected chi connectivity index (χ4v) is 2.87. The van der Waals surface area contributed by atoms with Gasteiger partial charge in [-0.05, 0) is 51.8 Å². The molecule has 0 spiro atoms. The van der Waals surface area contributed by atoms with Crippen molar-refractivity contribution in [2.24, 2.45) is 0 Å². The predicted molar refractivity (Wildman–Crippen MR) is 105 cm³/mol. The smallest absolute Gasteiger partial charge is 0.284 e. The lowest BCUT2D eigenvalue weighted by Gasteiger charge is -2.08. The van der Waals surface area contributed by atoms with E-state index in [9.17, 15) is 19.7 Å². The number of amides is 1. The standard InChI is InChI=1S/C19H14BrN3O4/c20-16-9-6-14(11-17(16)23(26)27)19(25)21-15-7-4-13(5-8-15)12-22-10-2-1-3-18(22)24/h1-11H,12H2,(H,21,25). The molecule has 0 radical (unpaired) electrons. The molecule has 0 aliphatic carbocycles. The SMILES string of the molecule is O=C(Nc1ccc(Cn2ccccc2=O)cc1)c1ccc(Br)c([N+](=O)[O-])c1. The van der Waals surface area contributed by atoms with Gasteiger partial charge in [-0.3, -0.25) is 19.7 Å². The zero-order valence-electron chi connectivity index (χ0n) is 14.0. The fourth-order valence-electron chi connectivity index (χ4n) is 2.48. The Hall–Kier alpha value is -3.26. The van der Waals surface area contributed by atoms with Crippen LogP contribution in [0.1, 0.15) is 15.9 Å². The summed E-state index contributed by atoms with van der Waals surface area (Å²) in [6.07, 6.45) is 1.71. The van der Waals surface area contributed by atoms with E-state index in [1.165, 1.54) is 24.3 Å². The molecule has 7 nitrogen and oxygen atoms in total. The number of aromatic nitrogens is 1. The molecule has 136 valence electrons. The number of anilines is 1. The summed E-state index contributed by atoms with van der Waals surface area (Å²) < 4.78 is 1.89. The Balaban J connectivity index is 1.72. The van der Waals surface area contributed by atoms with Crippen LogP contribution in [0.5, 0.6) is 0 Å². The Bertz CT molecular complexity index is 1060. The number of nitrogens with zero attached hydrogens (tertiary/aromatic N) is 2. The monoisotopic (exact) mass is 427 g/mol. The van der Waals surface area contributed by atoms with Crippen LogP contribution < -0.4 is 10.9 Å². The highest BCUT2D eigenvalue weighted by Gasteiger charge is 2.16. The minimum Gasteiger partial charge on any atom is -0.322 e. The van der Waals surface area contributed by atoms with Crippen molar-refractivity contribution in [2.45, 2.75) is 6.54 Å². The number of pyridine rings is 1. The van der Waals surface area contributed by atoms with E-state index in [0.29, 0.717) is 16.7 Å². The third-order valence-electron chi connectivity index (χ3n) is 3.87. The maximum atomic E-state index is 12.3. The van der Waals surface area contributed by atoms with Crippen LogP contribution in [0.2, 0.25) is 0 Å². The van der Waals surface area contributed by atoms with Gasteiger partial charge >= 0.3 is 0 Å². The summed E-state index contributed by atoms with van der Waals surface area (Å²) in [6, 6.07) is 16.2. The van der Waals surface area contributed by atoms with Gasteiger partial charge in [0.25, 0.3) is 17.2 Å². The Labute approximate surface area is 162 Å². The van der Waals surface area contributed by atoms with Gasteiger partial charge in [0, 0.05) is 29.6 Å². The van der Waals surface area contributed by atoms with Crippen LogP contribution in [-0.4, -0.2) is 15.4 Å². The topological polar surface area (TPSA) is 94.2 Å². The molecule has 0 bridgehead atoms. The van der Waals surface area contributed by atoms with Gasteiger partial charge < -0.3 is 9.88 Å². The maximum absolute atomic E-state index is 12.3. The van der Waals surface area contributed by atoms with Crippen molar-refractivity contribution in [3.8, 4) is 0 Å². The molecule has 0 fully saturated rings. The first-order chi connectivity index (χ1) is 12.9. The second-order valence-electron chi connectivity index (χ2n) is 5.74. The van der Waals surface area contributed by atoms with Crippen LogP contribution in [0.25, 0.3) is 0 Å². The zero-order valence-corrected chi connectivity index (χ0v) is 15.5. The van der Waals surface area contributed by atoms with Gasteiger partial charge in [-0.2, -0.15) is 0 Å². The van der Waals surface area contributed by atoms with Crippen molar-refractivity contribution in [2.75, 3.05) is 5.32 Å². The van der Waals surface area contributed by atoms with E-state index in [1.54, 1.807) is 47.2 Å². The molecule has 0 saturated heterocycles. The summed E-state index contributed by atoms with van der Waals surface area (Å²) in [6.45, 7) is 0.423. The van der Waals surface area contributed by atoms with Crippen molar-refractivity contribution in [1.82, 2.24) is 4.57 Å². The molecule has 1 N–H and O–H groups in total. The third-order valence-corrected chi connectivity index (χ3v) is 4.54. The van der Waals surface area contributed by atoms with Crippen molar-refractivity contribution >= 4 is 33.2 Å². The van der Waals surface area contributed by atoms with Crippen LogP contribution in [0.15, 0.2) is 76.1 Å². The number of halogens is 1. The average Bonchev–Trinajstić information content (AvgIpc) is 2.65. The number of nitro benzene ring substituents is 1. The molecule has 1 amide bonds. The summed E-state index contributed by atoms with van der Waals surface area (Å²) >= 11 is 3.09. The Morgan fingerprint density at radius 2 is 1.85 bits per heavy atom. The highest BCUT2D eigenvalue weighted by atomic mass is 79.9. The zero-order chi connectivity index (χ0) is 19.4. The highest BCUT2D eigenvalue weighted by Crippen LogP contribution is 2.26. The maximum Gasteiger partial charge on any atom is 0.284 e. The normalized spacial score (nSPS) is 10.4. The molecule has 1 aromatic heterocycles. The molecular formula is C19H14BrN3O4. The summed E-state index contributed by atoms with van der Waals surface area (Å²) in [7, 11) is 0. The molecule has 0 atom stereocenters. The highest BCUT2D eigenvalue weighted by molar-refractivity contribution is 9.10. The molecule has 3 aromatic rings. The number of rotatable bonds is 5. The van der Waals surface area contributed by atoms with Gasteiger partial charge in [0.2, 0.25) is 0 Å². The number of carbonyl (C=O) groups is 1. The number of hydrogen-bond donors (Lipinski definition) is 1. The van der Waals surface area contributed by atoms with E-state index in [-0.39, 0.29) is 16.8 Å². The minimum absolute atomic E-state index is 0.0910. The van der Waals surface area contributed by atoms with Crippen molar-refractivity contribution < 1.29 is 9.72 Å². The molecule has 1 heterocycles. The van der Waals surface area contributed by atoms with Crippen molar-refractivity contribution in [3.63, 3.8) is 0 Å². The summed E-state index contributed by atoms with van der Waals surface area (Å²) in [4.78, 5) is 34.5. The minimum atomic E-state index is -0.554. The predicted octanol–water partition coefficient (Wildman–Crippen LogP) is 3.82. The Morgan fingerprint density at radius 3 is 2.52 bits per heavy atom. The van der Waals surface area contributed by atoms with Crippen LogP contribution in [-0.2, 0) is 6.54 Å². The van der Waals surface area contributed by atoms with E-state index in [2.05, 4.69) is 21.2 Å². The van der Waals surface area contributed by atoms with E-state index < -0.39 is 10.8 Å². The molecular weight excluding hydrogens is 414 g/mol. The van der Waals surface area contributed by atoms with Crippen LogP contribution in [0.3, 0.4) is 0 Å². The number of nitro groups is 1. The van der Waals surface area contributed by atoms with E-state index in [1.807, 2.05) is 0 Å². The summed E-state index contributed by atoms with van der Waals surface area (Å²) in [5, 5.41) is 13.7. The average molecular weight is 428 g/mol. The Kier molecular flexibility index (Phi) is 5.46. The van der Waals surface area contributed by atoms with Gasteiger partial charge in [-0.15, -0.1) is 0 Å². The summed E-state index contributed by atoms with van der Waals surface area (Å²) in [5.41, 5.74) is 1.37. The molecule has 27 heavy (non-hydrogen) atoms. The van der Waals surface area contributed by atoms with Crippen molar-refractivity contribution in [1.29, 1.82) is 0 Å². The molecule has 0 aliphatic rings. The van der Waals surface area contributed by atoms with Crippen molar-refractivity contribution in [3.05, 3.63) is 103 Å². The van der Waals surface area contributed by atoms with Gasteiger partial charge in [-0.1, -0.05) is 18.2 Å². The Morgan fingerprint density at radius 1 is 1.11 bits per heavy atom. The fraction of sp³-hybridized carbons (Fsp3) is 0.0526. The second kappa shape index (κ2) is 7.96. The lowest BCUT2D eigenvalue weighted by atomic mass is 10.1. The first-order valence-corrected chi connectivity index (χ1v) is 8.73. The second-order valence-corrected chi connectivity index (χ2v) is 6.60. The number of hydrogen-bond acceptors (Lipinski definition) is 4. The van der Waals surface area contributed by atoms with Gasteiger partial charge in [-0.25, -0.2) is 0 Å². The molecule has 3 rings (SSSR count). The number of nitrogens with one attached hydrogen (secondary N) is 1. The van der Waals surface area contributed by atoms with E-state index in [0.717, 1.165) is 5.56 Å². The van der Waals surface area contributed by atoms with E-state index >= 15 is 0 Å². The largest absolute Gasteiger partial charge is 0.322 e. The molecule has 0 saturated carbocycles. The number of benzene rings is 2. The van der Waals surface area contributed by atoms with Crippen LogP contribution in [0.4, 0.5) is 11.4 Å². The molecule has 8 heteroatoms. The van der Waals surface area contributed by atoms with Gasteiger partial charge in [0.1, 0.15) is 0 Å². The quantitative estimate of drug-likeness (QED) is 0.494. The first-order valence-electron chi connectivity index (χ1n) is 7.94. The molecule has 0 aliphatic heterocycles. The molecule has 0 unspecified atom stereocenters. The van der Waals surface area contributed by atoms with Crippen LogP contribution in [0, 0.1) is 10.1 Å². The first kappa shape index (κ1) is 18.5. The number of carbonyl (C=O) groups excluding carboxylic acids is 1. The van der Waals surface area contributed by atoms with E-state index in [4.69, 9.17) is 0 Å². The lowest BCUT2D eigenvalue weighted by molar-refractivity contribution is -0.385. The third kappa shape index (κ3) is 4.48. The molecule has 2 aromatic carbocycles. The van der Waals surface area contributed by atoms with Gasteiger partial charge in [0.05, 0.1) is 15.9 Å². The van der Waals surface area contributed by atoms with Crippen LogP contribution >= 0.6 is 15.9 Å². The summed E-state index contributed by atoms with van der Waals surface area (Å²) in [5.74, 6) is -0.447.